The van der Waals surface area contributed by atoms with Crippen LogP contribution in [0.25, 0.3) is 0 Å². The first-order chi connectivity index (χ1) is 6.22. The Morgan fingerprint density at radius 3 is 2.00 bits per heavy atom. The van der Waals surface area contributed by atoms with Gasteiger partial charge >= 0.3 is 0 Å². The molecule has 0 atom stereocenters. The molecule has 0 aromatic heterocycles. The van der Waals surface area contributed by atoms with Crippen molar-refractivity contribution in [2.45, 2.75) is 40.0 Å². The zero-order chi connectivity index (χ0) is 9.68. The molecule has 1 aromatic carbocycles. The molecule has 0 heterocycles. The first-order valence-electron chi connectivity index (χ1n) is 5.30. The Hall–Kier alpha value is -0.820. The summed E-state index contributed by atoms with van der Waals surface area (Å²) in [5.74, 6) is 0.761. The Kier molecular flexibility index (Phi) is 6.22. The van der Waals surface area contributed by atoms with Gasteiger partial charge in [0.25, 0.3) is 0 Å². The minimum absolute atomic E-state index is 0. The van der Waals surface area contributed by atoms with E-state index in [1.165, 1.54) is 30.4 Å². The van der Waals surface area contributed by atoms with E-state index in [9.17, 15) is 0 Å². The van der Waals surface area contributed by atoms with Crippen molar-refractivity contribution in [1.82, 2.24) is 0 Å². The summed E-state index contributed by atoms with van der Waals surface area (Å²) in [6.45, 7) is 6.75. The molecule has 0 aliphatic carbocycles. The van der Waals surface area contributed by atoms with Gasteiger partial charge < -0.3 is 0 Å². The average Bonchev–Trinajstić information content (AvgIpc) is 2.08. The van der Waals surface area contributed by atoms with Crippen LogP contribution in [0, 0.1) is 5.92 Å². The van der Waals surface area contributed by atoms with Gasteiger partial charge in [-0.15, -0.1) is 0 Å². The van der Waals surface area contributed by atoms with Crippen LogP contribution in [-0.2, 0) is 12.8 Å². The van der Waals surface area contributed by atoms with Crippen molar-refractivity contribution in [2.24, 2.45) is 5.92 Å². The highest BCUT2D eigenvalue weighted by molar-refractivity contribution is 5.22. The summed E-state index contributed by atoms with van der Waals surface area (Å²) in [5.41, 5.74) is 2.94. The minimum atomic E-state index is 0. The second-order valence-electron chi connectivity index (χ2n) is 4.16. The molecule has 0 bridgehead atoms. The van der Waals surface area contributed by atoms with Gasteiger partial charge in [-0.05, 0) is 29.9 Å². The Morgan fingerprint density at radius 1 is 1.07 bits per heavy atom. The molecule has 0 aliphatic rings. The molecule has 14 heavy (non-hydrogen) atoms. The second-order valence-corrected chi connectivity index (χ2v) is 4.16. The molecule has 1 rings (SSSR count). The Labute approximate surface area is 89.0 Å². The van der Waals surface area contributed by atoms with Crippen LogP contribution in [0.5, 0.6) is 0 Å². The maximum Gasteiger partial charge on any atom is 0 e. The second kappa shape index (κ2) is 6.61. The maximum atomic E-state index is 2.27. The molecule has 0 amide bonds. The molecule has 1 radical (unpaired) electrons. The summed E-state index contributed by atoms with van der Waals surface area (Å²) >= 11 is 0. The van der Waals surface area contributed by atoms with E-state index in [0.717, 1.165) is 5.92 Å². The van der Waals surface area contributed by atoms with E-state index in [-0.39, 0.29) is 6.90 Å². The van der Waals surface area contributed by atoms with Gasteiger partial charge in [-0.25, -0.2) is 0 Å². The fourth-order valence-electron chi connectivity index (χ4n) is 1.60. The van der Waals surface area contributed by atoms with Crippen LogP contribution < -0.4 is 0 Å². The molecule has 0 spiro atoms. The van der Waals surface area contributed by atoms with Crippen molar-refractivity contribution in [3.63, 3.8) is 0 Å². The van der Waals surface area contributed by atoms with Crippen LogP contribution in [-0.4, -0.2) is 5.48 Å². The molecule has 0 saturated heterocycles. The highest BCUT2D eigenvalue weighted by Gasteiger charge is 1.97. The molecule has 0 saturated carbocycles. The summed E-state index contributed by atoms with van der Waals surface area (Å²) in [4.78, 5) is 0. The van der Waals surface area contributed by atoms with Gasteiger partial charge in [-0.1, -0.05) is 51.5 Å². The average molecular weight is 195 g/mol. The van der Waals surface area contributed by atoms with Gasteiger partial charge in [0.15, 0.2) is 0 Å². The van der Waals surface area contributed by atoms with E-state index in [1.807, 2.05) is 0 Å². The monoisotopic (exact) mass is 195 g/mol. The van der Waals surface area contributed by atoms with E-state index in [0.29, 0.717) is 0 Å². The smallest absolute Gasteiger partial charge is 0 e. The molecule has 0 aliphatic heterocycles. The normalized spacial score (nSPS) is 10.0. The lowest BCUT2D eigenvalue weighted by atomic mass is 10.0. The van der Waals surface area contributed by atoms with Crippen molar-refractivity contribution < 1.29 is 6.90 Å². The van der Waals surface area contributed by atoms with Gasteiger partial charge in [0.05, 0.1) is 0 Å². The molecular formula is C13H23O. The molecule has 1 heteroatoms. The Balaban J connectivity index is 0. The summed E-state index contributed by atoms with van der Waals surface area (Å²) in [6.07, 6.45) is 3.65. The van der Waals surface area contributed by atoms with Gasteiger partial charge in [0.1, 0.15) is 0 Å². The number of hydrogen-bond donors (Lipinski definition) is 1. The van der Waals surface area contributed by atoms with Gasteiger partial charge in [0, 0.05) is 1.43 Å². The SMILES string of the molecule is CCCc1ccc(CC(C)C)cc1.[HH].[OH]. The molecule has 0 fully saturated rings. The first-order valence-corrected chi connectivity index (χ1v) is 5.30. The topological polar surface area (TPSA) is 30.0 Å². The molecule has 0 unspecified atom stereocenters. The van der Waals surface area contributed by atoms with Gasteiger partial charge in [-0.2, -0.15) is 0 Å². The quantitative estimate of drug-likeness (QED) is 0.755. The van der Waals surface area contributed by atoms with E-state index < -0.39 is 0 Å². The Bertz CT molecular complexity index is 241. The third kappa shape index (κ3) is 4.43. The molecule has 81 valence electrons. The van der Waals surface area contributed by atoms with Crippen LogP contribution in [0.3, 0.4) is 0 Å². The fourth-order valence-corrected chi connectivity index (χ4v) is 1.60. The Morgan fingerprint density at radius 2 is 1.57 bits per heavy atom. The standard InChI is InChI=1S/C13H20.HO.H2/c1-4-5-12-6-8-13(9-7-12)10-11(2)3;;/h6-9,11H,4-5,10H2,1-3H3;2*1H. The van der Waals surface area contributed by atoms with Gasteiger partial charge in [0.2, 0.25) is 0 Å². The van der Waals surface area contributed by atoms with Crippen molar-refractivity contribution in [1.29, 1.82) is 0 Å². The fraction of sp³-hybridized carbons (Fsp3) is 0.538. The van der Waals surface area contributed by atoms with Crippen LogP contribution in [0.15, 0.2) is 24.3 Å². The van der Waals surface area contributed by atoms with Crippen molar-refractivity contribution in [3.05, 3.63) is 35.4 Å². The molecular weight excluding hydrogens is 172 g/mol. The first kappa shape index (κ1) is 13.2. The zero-order valence-electron chi connectivity index (χ0n) is 9.46. The van der Waals surface area contributed by atoms with Gasteiger partial charge in [-0.3, -0.25) is 5.48 Å². The number of aryl methyl sites for hydroxylation is 1. The summed E-state index contributed by atoms with van der Waals surface area (Å²) in [7, 11) is 0. The van der Waals surface area contributed by atoms with Crippen LogP contribution >= 0.6 is 0 Å². The molecule has 1 aromatic rings. The summed E-state index contributed by atoms with van der Waals surface area (Å²) in [6, 6.07) is 9.07. The number of rotatable bonds is 4. The van der Waals surface area contributed by atoms with Crippen molar-refractivity contribution in [3.8, 4) is 0 Å². The van der Waals surface area contributed by atoms with Crippen LogP contribution in [0.2, 0.25) is 0 Å². The highest BCUT2D eigenvalue weighted by Crippen LogP contribution is 2.10. The third-order valence-corrected chi connectivity index (χ3v) is 2.21. The lowest BCUT2D eigenvalue weighted by molar-refractivity contribution is 0.647. The third-order valence-electron chi connectivity index (χ3n) is 2.21. The summed E-state index contributed by atoms with van der Waals surface area (Å²) < 4.78 is 0. The zero-order valence-corrected chi connectivity index (χ0v) is 9.46. The van der Waals surface area contributed by atoms with E-state index >= 15 is 0 Å². The van der Waals surface area contributed by atoms with E-state index in [2.05, 4.69) is 45.0 Å². The highest BCUT2D eigenvalue weighted by atomic mass is 16.0. The number of benzene rings is 1. The van der Waals surface area contributed by atoms with E-state index in [1.54, 1.807) is 0 Å². The lowest BCUT2D eigenvalue weighted by Gasteiger charge is -2.05. The maximum absolute atomic E-state index is 2.27. The lowest BCUT2D eigenvalue weighted by Crippen LogP contribution is -1.94. The predicted octanol–water partition coefficient (Wildman–Crippen LogP) is 3.91. The molecule has 1 nitrogen and oxygen atoms in total. The summed E-state index contributed by atoms with van der Waals surface area (Å²) in [5, 5.41) is 0. The minimum Gasteiger partial charge on any atom is -0.255 e. The van der Waals surface area contributed by atoms with Crippen molar-refractivity contribution >= 4 is 0 Å². The number of hydrogen-bond acceptors (Lipinski definition) is 0. The predicted molar refractivity (Wildman–Crippen MR) is 63.0 cm³/mol. The van der Waals surface area contributed by atoms with E-state index in [4.69, 9.17) is 0 Å². The molecule has 1 N–H and O–H groups in total. The largest absolute Gasteiger partial charge is 0.255 e. The van der Waals surface area contributed by atoms with Crippen LogP contribution in [0.1, 0.15) is 39.7 Å². The van der Waals surface area contributed by atoms with Crippen molar-refractivity contribution in [2.75, 3.05) is 0 Å². The van der Waals surface area contributed by atoms with Crippen LogP contribution in [0.4, 0.5) is 0 Å².